The minimum Gasteiger partial charge on any atom is -0.348 e. The molecule has 2 aliphatic heterocycles. The zero-order valence-corrected chi connectivity index (χ0v) is 14.8. The van der Waals surface area contributed by atoms with Crippen LogP contribution in [0.4, 0.5) is 5.95 Å². The molecule has 1 aromatic rings. The van der Waals surface area contributed by atoms with Crippen LogP contribution in [0.25, 0.3) is 0 Å². The van der Waals surface area contributed by atoms with Gasteiger partial charge in [0.05, 0.1) is 23.8 Å². The standard InChI is InChI=1S/C17H25N5O2/c1-5-6-15(24)22-10-14-13(17(22,3)4)7-18-16(20-14)19-12-8-21(9-12)11(2)23/h7,12H,5-6,8-10H2,1-4H3,(H,18,19,20). The summed E-state index contributed by atoms with van der Waals surface area (Å²) >= 11 is 0. The van der Waals surface area contributed by atoms with Crippen LogP contribution in [0.2, 0.25) is 0 Å². The fourth-order valence-corrected chi connectivity index (χ4v) is 3.37. The number of likely N-dealkylation sites (tertiary alicyclic amines) is 1. The number of rotatable bonds is 4. The normalized spacial score (nSPS) is 19.0. The van der Waals surface area contributed by atoms with Crippen LogP contribution in [0.5, 0.6) is 0 Å². The third kappa shape index (κ3) is 2.83. The summed E-state index contributed by atoms with van der Waals surface area (Å²) in [5.74, 6) is 0.823. The molecule has 0 bridgehead atoms. The molecule has 24 heavy (non-hydrogen) atoms. The molecule has 1 fully saturated rings. The van der Waals surface area contributed by atoms with Gasteiger partial charge in [0.1, 0.15) is 0 Å². The Kier molecular flexibility index (Phi) is 4.19. The predicted octanol–water partition coefficient (Wildman–Crippen LogP) is 1.50. The topological polar surface area (TPSA) is 78.4 Å². The Morgan fingerprint density at radius 3 is 2.71 bits per heavy atom. The van der Waals surface area contributed by atoms with Gasteiger partial charge in [-0.3, -0.25) is 9.59 Å². The molecular weight excluding hydrogens is 306 g/mol. The van der Waals surface area contributed by atoms with Crippen LogP contribution in [-0.4, -0.2) is 50.7 Å². The van der Waals surface area contributed by atoms with Crippen molar-refractivity contribution in [3.63, 3.8) is 0 Å². The summed E-state index contributed by atoms with van der Waals surface area (Å²) in [6.07, 6.45) is 3.22. The quantitative estimate of drug-likeness (QED) is 0.904. The molecule has 0 unspecified atom stereocenters. The van der Waals surface area contributed by atoms with Crippen LogP contribution in [0.1, 0.15) is 51.8 Å². The second-order valence-corrected chi connectivity index (χ2v) is 7.11. The van der Waals surface area contributed by atoms with Crippen LogP contribution < -0.4 is 5.32 Å². The highest BCUT2D eigenvalue weighted by Gasteiger charge is 2.41. The Bertz CT molecular complexity index is 667. The molecule has 1 saturated heterocycles. The number of nitrogens with one attached hydrogen (secondary N) is 1. The van der Waals surface area contributed by atoms with Gasteiger partial charge in [-0.15, -0.1) is 0 Å². The van der Waals surface area contributed by atoms with Gasteiger partial charge in [-0.2, -0.15) is 0 Å². The van der Waals surface area contributed by atoms with Crippen LogP contribution >= 0.6 is 0 Å². The molecule has 3 heterocycles. The molecule has 1 N–H and O–H groups in total. The highest BCUT2D eigenvalue weighted by atomic mass is 16.2. The Morgan fingerprint density at radius 1 is 1.38 bits per heavy atom. The molecule has 0 aliphatic carbocycles. The van der Waals surface area contributed by atoms with Gasteiger partial charge in [0.15, 0.2) is 0 Å². The number of hydrogen-bond donors (Lipinski definition) is 1. The lowest BCUT2D eigenvalue weighted by Gasteiger charge is -2.38. The van der Waals surface area contributed by atoms with Gasteiger partial charge < -0.3 is 15.1 Å². The first-order valence-corrected chi connectivity index (χ1v) is 8.51. The maximum absolute atomic E-state index is 12.4. The molecule has 0 aromatic carbocycles. The van der Waals surface area contributed by atoms with E-state index in [0.29, 0.717) is 32.0 Å². The van der Waals surface area contributed by atoms with Crippen molar-refractivity contribution in [1.29, 1.82) is 0 Å². The first kappa shape index (κ1) is 16.7. The molecule has 7 heteroatoms. The molecule has 0 spiro atoms. The average Bonchev–Trinajstić information content (AvgIpc) is 2.73. The van der Waals surface area contributed by atoms with E-state index in [9.17, 15) is 9.59 Å². The van der Waals surface area contributed by atoms with Crippen LogP contribution in [-0.2, 0) is 21.7 Å². The maximum Gasteiger partial charge on any atom is 0.223 e. The van der Waals surface area contributed by atoms with E-state index in [-0.39, 0.29) is 23.4 Å². The molecular formula is C17H25N5O2. The first-order chi connectivity index (χ1) is 11.3. The van der Waals surface area contributed by atoms with Gasteiger partial charge in [0, 0.05) is 38.2 Å². The van der Waals surface area contributed by atoms with Crippen molar-refractivity contribution in [3.05, 3.63) is 17.5 Å². The summed E-state index contributed by atoms with van der Waals surface area (Å²) in [6, 6.07) is 0.194. The SMILES string of the molecule is CCCC(=O)N1Cc2nc(NC3CN(C(C)=O)C3)ncc2C1(C)C. The number of carbonyl (C=O) groups excluding carboxylic acids is 2. The number of amides is 2. The number of hydrogen-bond acceptors (Lipinski definition) is 5. The highest BCUT2D eigenvalue weighted by molar-refractivity contribution is 5.78. The summed E-state index contributed by atoms with van der Waals surface area (Å²) < 4.78 is 0. The first-order valence-electron chi connectivity index (χ1n) is 8.51. The third-order valence-corrected chi connectivity index (χ3v) is 4.93. The molecule has 0 atom stereocenters. The minimum absolute atomic E-state index is 0.0924. The summed E-state index contributed by atoms with van der Waals surface area (Å²) in [5, 5.41) is 3.27. The molecule has 3 rings (SSSR count). The van der Waals surface area contributed by atoms with Crippen molar-refractivity contribution < 1.29 is 9.59 Å². The molecule has 0 saturated carbocycles. The zero-order chi connectivity index (χ0) is 17.5. The van der Waals surface area contributed by atoms with Gasteiger partial charge in [-0.05, 0) is 20.3 Å². The van der Waals surface area contributed by atoms with E-state index >= 15 is 0 Å². The molecule has 130 valence electrons. The average molecular weight is 331 g/mol. The summed E-state index contributed by atoms with van der Waals surface area (Å²) in [4.78, 5) is 36.3. The second kappa shape index (κ2) is 6.03. The van der Waals surface area contributed by atoms with Crippen molar-refractivity contribution in [3.8, 4) is 0 Å². The second-order valence-electron chi connectivity index (χ2n) is 7.11. The van der Waals surface area contributed by atoms with Crippen LogP contribution in [0.3, 0.4) is 0 Å². The fourth-order valence-electron chi connectivity index (χ4n) is 3.37. The monoisotopic (exact) mass is 331 g/mol. The van der Waals surface area contributed by atoms with Gasteiger partial charge in [-0.1, -0.05) is 6.92 Å². The lowest BCUT2D eigenvalue weighted by molar-refractivity contribution is -0.136. The molecule has 2 aliphatic rings. The number of anilines is 1. The van der Waals surface area contributed by atoms with Gasteiger partial charge in [-0.25, -0.2) is 9.97 Å². The van der Waals surface area contributed by atoms with E-state index in [1.807, 2.05) is 31.9 Å². The van der Waals surface area contributed by atoms with E-state index in [1.54, 1.807) is 11.8 Å². The van der Waals surface area contributed by atoms with Crippen LogP contribution in [0.15, 0.2) is 6.20 Å². The predicted molar refractivity (Wildman–Crippen MR) is 90.2 cm³/mol. The van der Waals surface area contributed by atoms with Crippen molar-refractivity contribution in [2.24, 2.45) is 0 Å². The number of aromatic nitrogens is 2. The van der Waals surface area contributed by atoms with E-state index in [2.05, 4.69) is 15.3 Å². The number of carbonyl (C=O) groups is 2. The maximum atomic E-state index is 12.4. The number of fused-ring (bicyclic) bond motifs is 1. The third-order valence-electron chi connectivity index (χ3n) is 4.93. The van der Waals surface area contributed by atoms with Crippen molar-refractivity contribution in [2.75, 3.05) is 18.4 Å². The smallest absolute Gasteiger partial charge is 0.223 e. The minimum atomic E-state index is -0.373. The molecule has 7 nitrogen and oxygen atoms in total. The summed E-state index contributed by atoms with van der Waals surface area (Å²) in [7, 11) is 0. The van der Waals surface area contributed by atoms with Gasteiger partial charge >= 0.3 is 0 Å². The fraction of sp³-hybridized carbons (Fsp3) is 0.647. The van der Waals surface area contributed by atoms with Crippen molar-refractivity contribution >= 4 is 17.8 Å². The lowest BCUT2D eigenvalue weighted by Crippen LogP contribution is -2.56. The Hall–Kier alpha value is -2.18. The molecule has 0 radical (unpaired) electrons. The molecule has 2 amide bonds. The largest absolute Gasteiger partial charge is 0.348 e. The van der Waals surface area contributed by atoms with Crippen LogP contribution in [0, 0.1) is 0 Å². The molecule has 1 aromatic heterocycles. The Labute approximate surface area is 142 Å². The lowest BCUT2D eigenvalue weighted by atomic mass is 9.97. The van der Waals surface area contributed by atoms with E-state index < -0.39 is 0 Å². The number of nitrogens with zero attached hydrogens (tertiary/aromatic N) is 4. The zero-order valence-electron chi connectivity index (χ0n) is 14.8. The van der Waals surface area contributed by atoms with E-state index in [4.69, 9.17) is 0 Å². The van der Waals surface area contributed by atoms with E-state index in [0.717, 1.165) is 17.7 Å². The highest BCUT2D eigenvalue weighted by Crippen LogP contribution is 2.38. The summed E-state index contributed by atoms with van der Waals surface area (Å²) in [6.45, 7) is 9.57. The Balaban J connectivity index is 1.71. The van der Waals surface area contributed by atoms with Gasteiger partial charge in [0.25, 0.3) is 0 Å². The van der Waals surface area contributed by atoms with Crippen molar-refractivity contribution in [2.45, 2.75) is 58.7 Å². The summed E-state index contributed by atoms with van der Waals surface area (Å²) in [5.41, 5.74) is 1.54. The van der Waals surface area contributed by atoms with Gasteiger partial charge in [0.2, 0.25) is 17.8 Å². The Morgan fingerprint density at radius 2 is 2.08 bits per heavy atom. The van der Waals surface area contributed by atoms with E-state index in [1.165, 1.54) is 0 Å². The van der Waals surface area contributed by atoms with Crippen molar-refractivity contribution in [1.82, 2.24) is 19.8 Å².